The Labute approximate surface area is 408 Å². The molecule has 20 heteroatoms. The van der Waals surface area contributed by atoms with Gasteiger partial charge in [0.1, 0.15) is 43.2 Å². The molecule has 0 amide bonds. The predicted octanol–water partition coefficient (Wildman–Crippen LogP) is 7.11. The molecule has 1 rings (SSSR count). The molecule has 1 saturated carbocycles. The minimum absolute atomic E-state index is 0.0609. The lowest BCUT2D eigenvalue weighted by atomic mass is 9.85. The second-order valence-corrected chi connectivity index (χ2v) is 19.1. The standard InChI is InChI=1S/C49H80O18P2/c1-3-5-7-8-9-10-11-12-13-14-15-16-17-21-29-35-42(52)63-37-41(38-64-69(61,62)67-49-46(56)44(54)45(55)48(47(49)57)66-68(58,59)60)65-43(53)36-30-22-19-18-20-26-32-40(51)34-28-24-23-27-33-39(50)31-25-6-4-2/h6,9-10,12-13,19-20,22-28,33-34,39-41,44-51,54-57H,3-5,7-8,11,14-18,21,29-32,35-38H2,1-2H3,(H,61,62)(H2,58,59,60)/b10-9-,13-12-,22-19-,24-23-,25-6-,26-20-,33-27+,34-28+/t39-,40+,41+,44?,45?,46?,47?,48+,49-/m0/s1. The number of carbonyl (C=O) groups is 2. The van der Waals surface area contributed by atoms with E-state index in [1.165, 1.54) is 19.3 Å². The second-order valence-electron chi connectivity index (χ2n) is 16.5. The zero-order valence-electron chi connectivity index (χ0n) is 40.2. The molecular weight excluding hydrogens is 938 g/mol. The van der Waals surface area contributed by atoms with Crippen molar-refractivity contribution < 1.29 is 87.1 Å². The molecule has 0 radical (unpaired) electrons. The molecule has 9 N–H and O–H groups in total. The van der Waals surface area contributed by atoms with E-state index >= 15 is 0 Å². The van der Waals surface area contributed by atoms with Crippen LogP contribution in [-0.4, -0.2) is 125 Å². The van der Waals surface area contributed by atoms with E-state index in [-0.39, 0.29) is 19.3 Å². The van der Waals surface area contributed by atoms with Crippen molar-refractivity contribution in [2.75, 3.05) is 13.2 Å². The third-order valence-electron chi connectivity index (χ3n) is 10.3. The number of carbonyl (C=O) groups excluding carboxylic acids is 2. The van der Waals surface area contributed by atoms with Crippen LogP contribution in [0.2, 0.25) is 0 Å². The van der Waals surface area contributed by atoms with Crippen LogP contribution >= 0.6 is 15.6 Å². The van der Waals surface area contributed by atoms with Crippen LogP contribution in [0.4, 0.5) is 0 Å². The molecule has 0 bridgehead atoms. The number of hydrogen-bond acceptors (Lipinski definition) is 15. The van der Waals surface area contributed by atoms with Crippen molar-refractivity contribution in [1.82, 2.24) is 0 Å². The first-order valence-corrected chi connectivity index (χ1v) is 27.0. The Morgan fingerprint density at radius 1 is 0.551 bits per heavy atom. The molecule has 0 aromatic carbocycles. The molecule has 0 aromatic heterocycles. The smallest absolute Gasteiger partial charge is 0.462 e. The fourth-order valence-corrected chi connectivity index (χ4v) is 8.09. The van der Waals surface area contributed by atoms with Crippen LogP contribution in [0, 0.1) is 0 Å². The fourth-order valence-electron chi connectivity index (χ4n) is 6.55. The summed E-state index contributed by atoms with van der Waals surface area (Å²) >= 11 is 0. The first-order chi connectivity index (χ1) is 32.9. The number of esters is 2. The summed E-state index contributed by atoms with van der Waals surface area (Å²) in [5, 5.41) is 61.3. The Hall–Kier alpha value is -3.16. The lowest BCUT2D eigenvalue weighted by Crippen LogP contribution is -2.64. The van der Waals surface area contributed by atoms with Gasteiger partial charge in [0.05, 0.1) is 18.8 Å². The molecule has 0 saturated heterocycles. The van der Waals surface area contributed by atoms with Gasteiger partial charge in [0, 0.05) is 12.8 Å². The molecule has 0 aliphatic heterocycles. The summed E-state index contributed by atoms with van der Waals surface area (Å²) in [4.78, 5) is 54.3. The van der Waals surface area contributed by atoms with Crippen molar-refractivity contribution in [3.63, 3.8) is 0 Å². The highest BCUT2D eigenvalue weighted by molar-refractivity contribution is 7.47. The molecule has 10 atom stereocenters. The van der Waals surface area contributed by atoms with Crippen LogP contribution in [0.15, 0.2) is 97.2 Å². The van der Waals surface area contributed by atoms with Crippen molar-refractivity contribution in [2.45, 2.75) is 184 Å². The molecule has 1 aliphatic carbocycles. The van der Waals surface area contributed by atoms with Gasteiger partial charge in [0.2, 0.25) is 0 Å². The summed E-state index contributed by atoms with van der Waals surface area (Å²) in [6.07, 6.45) is 27.1. The molecule has 18 nitrogen and oxygen atoms in total. The number of unbranched alkanes of at least 4 members (excludes halogenated alkanes) is 8. The lowest BCUT2D eigenvalue weighted by Gasteiger charge is -2.43. The van der Waals surface area contributed by atoms with Gasteiger partial charge >= 0.3 is 27.6 Å². The van der Waals surface area contributed by atoms with E-state index in [1.54, 1.807) is 54.7 Å². The zero-order valence-corrected chi connectivity index (χ0v) is 42.0. The quantitative estimate of drug-likeness (QED) is 0.00978. The maximum atomic E-state index is 13.0. The van der Waals surface area contributed by atoms with Gasteiger partial charge in [-0.2, -0.15) is 0 Å². The van der Waals surface area contributed by atoms with Gasteiger partial charge in [-0.3, -0.25) is 23.2 Å². The van der Waals surface area contributed by atoms with Crippen LogP contribution in [0.3, 0.4) is 0 Å². The van der Waals surface area contributed by atoms with Gasteiger partial charge in [0.15, 0.2) is 6.10 Å². The number of ether oxygens (including phenoxy) is 2. The first-order valence-electron chi connectivity index (χ1n) is 24.0. The number of rotatable bonds is 38. The second kappa shape index (κ2) is 38.5. The molecule has 0 heterocycles. The normalized spacial score (nSPS) is 22.9. The molecule has 1 fully saturated rings. The highest BCUT2D eigenvalue weighted by Gasteiger charge is 2.54. The van der Waals surface area contributed by atoms with Gasteiger partial charge in [-0.1, -0.05) is 143 Å². The Morgan fingerprint density at radius 2 is 1.07 bits per heavy atom. The third kappa shape index (κ3) is 33.2. The van der Waals surface area contributed by atoms with Gasteiger partial charge < -0.3 is 54.8 Å². The van der Waals surface area contributed by atoms with Crippen molar-refractivity contribution in [1.29, 1.82) is 0 Å². The summed E-state index contributed by atoms with van der Waals surface area (Å²) in [5.41, 5.74) is 0. The Bertz CT molecular complexity index is 1740. The van der Waals surface area contributed by atoms with E-state index in [1.807, 2.05) is 25.2 Å². The Morgan fingerprint density at radius 3 is 1.65 bits per heavy atom. The van der Waals surface area contributed by atoms with Gasteiger partial charge in [-0.25, -0.2) is 9.13 Å². The molecule has 0 spiro atoms. The number of phosphoric acid groups is 2. The molecular formula is C49H80O18P2. The molecule has 0 aromatic rings. The molecule has 69 heavy (non-hydrogen) atoms. The van der Waals surface area contributed by atoms with E-state index in [9.17, 15) is 64.0 Å². The highest BCUT2D eigenvalue weighted by Crippen LogP contribution is 2.49. The van der Waals surface area contributed by atoms with Crippen molar-refractivity contribution >= 4 is 27.6 Å². The van der Waals surface area contributed by atoms with Crippen molar-refractivity contribution in [2.24, 2.45) is 0 Å². The number of aliphatic hydroxyl groups is 6. The van der Waals surface area contributed by atoms with Gasteiger partial charge in [-0.15, -0.1) is 0 Å². The number of aliphatic hydroxyl groups excluding tert-OH is 6. The lowest BCUT2D eigenvalue weighted by molar-refractivity contribution is -0.216. The molecule has 5 unspecified atom stereocenters. The summed E-state index contributed by atoms with van der Waals surface area (Å²) in [6.45, 7) is 2.72. The Balaban J connectivity index is 2.71. The average Bonchev–Trinajstić information content (AvgIpc) is 3.30. The first kappa shape index (κ1) is 63.9. The summed E-state index contributed by atoms with van der Waals surface area (Å²) in [6, 6.07) is 0. The minimum atomic E-state index is -5.39. The van der Waals surface area contributed by atoms with E-state index in [0.29, 0.717) is 25.7 Å². The van der Waals surface area contributed by atoms with Gasteiger partial charge in [-0.05, 0) is 70.6 Å². The minimum Gasteiger partial charge on any atom is -0.462 e. The van der Waals surface area contributed by atoms with E-state index < -0.39 is 95.7 Å². The van der Waals surface area contributed by atoms with Crippen LogP contribution in [-0.2, 0) is 41.8 Å². The number of phosphoric ester groups is 2. The number of allylic oxidation sites excluding steroid dienone is 12. The largest absolute Gasteiger partial charge is 0.472 e. The van der Waals surface area contributed by atoms with E-state index in [4.69, 9.17) is 18.5 Å². The van der Waals surface area contributed by atoms with Crippen LogP contribution in [0.25, 0.3) is 0 Å². The maximum absolute atomic E-state index is 13.0. The predicted molar refractivity (Wildman–Crippen MR) is 262 cm³/mol. The van der Waals surface area contributed by atoms with E-state index in [0.717, 1.165) is 51.4 Å². The highest BCUT2D eigenvalue weighted by atomic mass is 31.2. The summed E-state index contributed by atoms with van der Waals surface area (Å²) in [5.74, 6) is -1.40. The third-order valence-corrected chi connectivity index (χ3v) is 11.8. The molecule has 394 valence electrons. The number of hydrogen-bond donors (Lipinski definition) is 9. The van der Waals surface area contributed by atoms with Crippen molar-refractivity contribution in [3.8, 4) is 0 Å². The maximum Gasteiger partial charge on any atom is 0.472 e. The van der Waals surface area contributed by atoms with Crippen LogP contribution in [0.5, 0.6) is 0 Å². The SMILES string of the molecule is CC/C=C\C[C@H](O)/C=C/C=C\C=C\[C@H](O)C/C=C\C/C=C\CCC(=O)O[C@H](COC(=O)CCCCCCC/C=C\C/C=C\CCCCC)COP(=O)(O)O[C@H]1C(O)C(O)C(O)[C@@H](OP(=O)(O)O)C1O. The summed E-state index contributed by atoms with van der Waals surface area (Å²) in [7, 11) is -10.8. The monoisotopic (exact) mass is 1020 g/mol. The van der Waals surface area contributed by atoms with Crippen molar-refractivity contribution in [3.05, 3.63) is 97.2 Å². The average molecular weight is 1020 g/mol. The fraction of sp³-hybridized carbons (Fsp3) is 0.633. The van der Waals surface area contributed by atoms with Crippen LogP contribution < -0.4 is 0 Å². The Kier molecular flexibility index (Phi) is 35.6. The van der Waals surface area contributed by atoms with Gasteiger partial charge in [0.25, 0.3) is 0 Å². The summed E-state index contributed by atoms with van der Waals surface area (Å²) < 4.78 is 49.2. The zero-order chi connectivity index (χ0) is 51.3. The molecule has 1 aliphatic rings. The topological polar surface area (TPSA) is 296 Å². The van der Waals surface area contributed by atoms with Crippen LogP contribution in [0.1, 0.15) is 129 Å². The van der Waals surface area contributed by atoms with E-state index in [2.05, 4.69) is 35.8 Å².